The van der Waals surface area contributed by atoms with Crippen molar-refractivity contribution >= 4 is 0 Å². The third-order valence-electron chi connectivity index (χ3n) is 2.66. The molecule has 0 saturated heterocycles. The van der Waals surface area contributed by atoms with Crippen LogP contribution in [0.5, 0.6) is 5.75 Å². The van der Waals surface area contributed by atoms with Gasteiger partial charge in [0.05, 0.1) is 12.3 Å². The second-order valence-electron chi connectivity index (χ2n) is 3.64. The van der Waals surface area contributed by atoms with E-state index in [1.807, 2.05) is 24.4 Å². The molecule has 0 amide bonds. The van der Waals surface area contributed by atoms with E-state index in [1.54, 1.807) is 0 Å². The molecule has 0 unspecified atom stereocenters. The summed E-state index contributed by atoms with van der Waals surface area (Å²) in [6.45, 7) is 0.807. The van der Waals surface area contributed by atoms with E-state index in [0.29, 0.717) is 0 Å². The molecule has 2 nitrogen and oxygen atoms in total. The average Bonchev–Trinajstić information content (AvgIpc) is 2.77. The van der Waals surface area contributed by atoms with Gasteiger partial charge in [-0.15, -0.1) is 0 Å². The SMILES string of the molecule is c1ccc(-c2ccc3c(c2)OCC3)nc1. The Bertz CT molecular complexity index is 479. The van der Waals surface area contributed by atoms with Gasteiger partial charge in [0.1, 0.15) is 5.75 Å². The fraction of sp³-hybridized carbons (Fsp3) is 0.154. The third-order valence-corrected chi connectivity index (χ3v) is 2.66. The number of hydrogen-bond acceptors (Lipinski definition) is 2. The second-order valence-corrected chi connectivity index (χ2v) is 3.64. The van der Waals surface area contributed by atoms with Crippen molar-refractivity contribution in [2.75, 3.05) is 6.61 Å². The van der Waals surface area contributed by atoms with Gasteiger partial charge in [0.25, 0.3) is 0 Å². The van der Waals surface area contributed by atoms with Crippen LogP contribution in [0, 0.1) is 0 Å². The summed E-state index contributed by atoms with van der Waals surface area (Å²) in [7, 11) is 0. The van der Waals surface area contributed by atoms with Crippen LogP contribution in [-0.2, 0) is 6.42 Å². The Labute approximate surface area is 88.5 Å². The fourth-order valence-corrected chi connectivity index (χ4v) is 1.86. The summed E-state index contributed by atoms with van der Waals surface area (Å²) in [6, 6.07) is 12.2. The van der Waals surface area contributed by atoms with Gasteiger partial charge in [0, 0.05) is 18.2 Å². The molecule has 0 radical (unpaired) electrons. The fourth-order valence-electron chi connectivity index (χ4n) is 1.86. The van der Waals surface area contributed by atoms with Crippen LogP contribution in [0.4, 0.5) is 0 Å². The largest absolute Gasteiger partial charge is 0.493 e. The molecule has 2 heterocycles. The summed E-state index contributed by atoms with van der Waals surface area (Å²) in [4.78, 5) is 4.32. The Morgan fingerprint density at radius 1 is 1.13 bits per heavy atom. The van der Waals surface area contributed by atoms with E-state index in [1.165, 1.54) is 5.56 Å². The van der Waals surface area contributed by atoms with Crippen LogP contribution in [0.1, 0.15) is 5.56 Å². The molecule has 0 aliphatic carbocycles. The van der Waals surface area contributed by atoms with Gasteiger partial charge >= 0.3 is 0 Å². The molecule has 0 atom stereocenters. The van der Waals surface area contributed by atoms with Crippen LogP contribution >= 0.6 is 0 Å². The second kappa shape index (κ2) is 3.39. The van der Waals surface area contributed by atoms with E-state index >= 15 is 0 Å². The van der Waals surface area contributed by atoms with Gasteiger partial charge in [-0.2, -0.15) is 0 Å². The number of fused-ring (bicyclic) bond motifs is 1. The van der Waals surface area contributed by atoms with E-state index in [2.05, 4.69) is 23.2 Å². The monoisotopic (exact) mass is 197 g/mol. The van der Waals surface area contributed by atoms with Gasteiger partial charge in [-0.1, -0.05) is 18.2 Å². The van der Waals surface area contributed by atoms with Crippen LogP contribution in [0.15, 0.2) is 42.6 Å². The molecule has 0 N–H and O–H groups in total. The molecule has 2 heteroatoms. The maximum absolute atomic E-state index is 5.53. The van der Waals surface area contributed by atoms with Gasteiger partial charge in [-0.3, -0.25) is 4.98 Å². The number of hydrogen-bond donors (Lipinski definition) is 0. The van der Waals surface area contributed by atoms with E-state index in [4.69, 9.17) is 4.74 Å². The molecule has 2 aromatic rings. The number of ether oxygens (including phenoxy) is 1. The van der Waals surface area contributed by atoms with Crippen LogP contribution in [0.3, 0.4) is 0 Å². The highest BCUT2D eigenvalue weighted by Gasteiger charge is 2.12. The topological polar surface area (TPSA) is 22.1 Å². The number of aromatic nitrogens is 1. The van der Waals surface area contributed by atoms with Crippen molar-refractivity contribution in [3.05, 3.63) is 48.2 Å². The first kappa shape index (κ1) is 8.48. The van der Waals surface area contributed by atoms with Crippen molar-refractivity contribution < 1.29 is 4.74 Å². The molecule has 0 bridgehead atoms. The third kappa shape index (κ3) is 1.48. The highest BCUT2D eigenvalue weighted by atomic mass is 16.5. The molecular weight excluding hydrogens is 186 g/mol. The Hall–Kier alpha value is -1.83. The van der Waals surface area contributed by atoms with Gasteiger partial charge in [0.15, 0.2) is 0 Å². The molecule has 1 aromatic carbocycles. The van der Waals surface area contributed by atoms with Crippen molar-refractivity contribution in [3.8, 4) is 17.0 Å². The van der Waals surface area contributed by atoms with E-state index < -0.39 is 0 Å². The first-order chi connectivity index (χ1) is 7.43. The Morgan fingerprint density at radius 3 is 3.00 bits per heavy atom. The lowest BCUT2D eigenvalue weighted by atomic mass is 10.1. The van der Waals surface area contributed by atoms with Gasteiger partial charge in [0.2, 0.25) is 0 Å². The normalized spacial score (nSPS) is 13.3. The molecule has 1 aliphatic heterocycles. The molecule has 0 saturated carbocycles. The lowest BCUT2D eigenvalue weighted by Crippen LogP contribution is -1.86. The quantitative estimate of drug-likeness (QED) is 0.701. The number of rotatable bonds is 1. The lowest BCUT2D eigenvalue weighted by molar-refractivity contribution is 0.357. The zero-order chi connectivity index (χ0) is 10.1. The summed E-state index contributed by atoms with van der Waals surface area (Å²) in [6.07, 6.45) is 2.83. The molecule has 0 fully saturated rings. The highest BCUT2D eigenvalue weighted by molar-refractivity contribution is 5.62. The Balaban J connectivity index is 2.07. The van der Waals surface area contributed by atoms with Crippen LogP contribution in [-0.4, -0.2) is 11.6 Å². The minimum atomic E-state index is 0.807. The van der Waals surface area contributed by atoms with Gasteiger partial charge in [-0.05, 0) is 23.8 Å². The number of pyridine rings is 1. The first-order valence-electron chi connectivity index (χ1n) is 5.10. The lowest BCUT2D eigenvalue weighted by Gasteiger charge is -2.03. The minimum absolute atomic E-state index is 0.807. The highest BCUT2D eigenvalue weighted by Crippen LogP contribution is 2.29. The maximum Gasteiger partial charge on any atom is 0.123 e. The van der Waals surface area contributed by atoms with Crippen molar-refractivity contribution in [1.29, 1.82) is 0 Å². The zero-order valence-corrected chi connectivity index (χ0v) is 8.31. The zero-order valence-electron chi connectivity index (χ0n) is 8.31. The molecule has 0 spiro atoms. The predicted octanol–water partition coefficient (Wildman–Crippen LogP) is 2.68. The minimum Gasteiger partial charge on any atom is -0.493 e. The van der Waals surface area contributed by atoms with Crippen molar-refractivity contribution in [2.45, 2.75) is 6.42 Å². The molecule has 1 aromatic heterocycles. The number of nitrogens with zero attached hydrogens (tertiary/aromatic N) is 1. The number of benzene rings is 1. The molecule has 3 rings (SSSR count). The van der Waals surface area contributed by atoms with Crippen molar-refractivity contribution in [3.63, 3.8) is 0 Å². The average molecular weight is 197 g/mol. The summed E-state index contributed by atoms with van der Waals surface area (Å²) < 4.78 is 5.53. The van der Waals surface area contributed by atoms with E-state index in [0.717, 1.165) is 30.0 Å². The van der Waals surface area contributed by atoms with Crippen LogP contribution in [0.25, 0.3) is 11.3 Å². The van der Waals surface area contributed by atoms with Crippen LogP contribution in [0.2, 0.25) is 0 Å². The Morgan fingerprint density at radius 2 is 2.13 bits per heavy atom. The van der Waals surface area contributed by atoms with Crippen molar-refractivity contribution in [2.24, 2.45) is 0 Å². The summed E-state index contributed by atoms with van der Waals surface area (Å²) in [5, 5.41) is 0. The molecule has 1 aliphatic rings. The Kier molecular flexibility index (Phi) is 1.91. The summed E-state index contributed by atoms with van der Waals surface area (Å²) in [5.74, 6) is 1.01. The molecule has 74 valence electrons. The van der Waals surface area contributed by atoms with Gasteiger partial charge in [-0.25, -0.2) is 0 Å². The standard InChI is InChI=1S/C13H11NO/c1-2-7-14-12(3-1)11-5-4-10-6-8-15-13(10)9-11/h1-5,7,9H,6,8H2. The predicted molar refractivity (Wildman–Crippen MR) is 58.9 cm³/mol. The van der Waals surface area contributed by atoms with Crippen LogP contribution < -0.4 is 4.74 Å². The summed E-state index contributed by atoms with van der Waals surface area (Å²) in [5.41, 5.74) is 3.42. The van der Waals surface area contributed by atoms with Crippen molar-refractivity contribution in [1.82, 2.24) is 4.98 Å². The van der Waals surface area contributed by atoms with E-state index in [-0.39, 0.29) is 0 Å². The summed E-state index contributed by atoms with van der Waals surface area (Å²) >= 11 is 0. The molecular formula is C13H11NO. The smallest absolute Gasteiger partial charge is 0.123 e. The maximum atomic E-state index is 5.53. The van der Waals surface area contributed by atoms with E-state index in [9.17, 15) is 0 Å². The molecule has 15 heavy (non-hydrogen) atoms. The van der Waals surface area contributed by atoms with Gasteiger partial charge < -0.3 is 4.74 Å². The first-order valence-corrected chi connectivity index (χ1v) is 5.10.